The zero-order valence-electron chi connectivity index (χ0n) is 14.2. The van der Waals surface area contributed by atoms with E-state index in [2.05, 4.69) is 4.98 Å². The summed E-state index contributed by atoms with van der Waals surface area (Å²) in [7, 11) is 0. The molecule has 3 aromatic rings. The Morgan fingerprint density at radius 3 is 2.48 bits per heavy atom. The van der Waals surface area contributed by atoms with Crippen molar-refractivity contribution in [3.8, 4) is 0 Å². The maximum atomic E-state index is 12.6. The van der Waals surface area contributed by atoms with Gasteiger partial charge in [0.15, 0.2) is 6.10 Å². The molecule has 1 aromatic heterocycles. The van der Waals surface area contributed by atoms with Crippen LogP contribution in [0.1, 0.15) is 29.8 Å². The van der Waals surface area contributed by atoms with Crippen LogP contribution in [0.5, 0.6) is 0 Å². The van der Waals surface area contributed by atoms with Crippen molar-refractivity contribution in [1.82, 2.24) is 4.98 Å². The second kappa shape index (κ2) is 7.18. The van der Waals surface area contributed by atoms with Gasteiger partial charge < -0.3 is 9.72 Å². The fourth-order valence-electron chi connectivity index (χ4n) is 2.72. The lowest BCUT2D eigenvalue weighted by atomic mass is 10.1. The summed E-state index contributed by atoms with van der Waals surface area (Å²) >= 11 is 0. The van der Waals surface area contributed by atoms with Crippen LogP contribution in [0, 0.1) is 0 Å². The van der Waals surface area contributed by atoms with Gasteiger partial charge in [-0.25, -0.2) is 4.79 Å². The summed E-state index contributed by atoms with van der Waals surface area (Å²) in [4.78, 5) is 27.8. The number of aromatic amines is 1. The molecule has 0 spiro atoms. The number of esters is 1. The maximum Gasteiger partial charge on any atom is 0.331 e. The number of H-pyrrole nitrogens is 1. The molecule has 1 atom stereocenters. The van der Waals surface area contributed by atoms with Gasteiger partial charge >= 0.3 is 5.97 Å². The zero-order chi connectivity index (χ0) is 17.8. The number of carbonyl (C=O) groups is 2. The summed E-state index contributed by atoms with van der Waals surface area (Å²) < 4.78 is 5.30. The first kappa shape index (κ1) is 16.7. The molecule has 1 heterocycles. The van der Waals surface area contributed by atoms with Crippen LogP contribution in [-0.4, -0.2) is 22.8 Å². The summed E-state index contributed by atoms with van der Waals surface area (Å²) in [6.07, 6.45) is 2.21. The van der Waals surface area contributed by atoms with Crippen LogP contribution in [0.2, 0.25) is 0 Å². The first-order valence-electron chi connectivity index (χ1n) is 8.11. The number of hydrogen-bond donors (Lipinski definition) is 1. The van der Waals surface area contributed by atoms with Gasteiger partial charge in [0.05, 0.1) is 0 Å². The van der Waals surface area contributed by atoms with Crippen molar-refractivity contribution in [3.05, 3.63) is 78.0 Å². The predicted octanol–water partition coefficient (Wildman–Crippen LogP) is 4.39. The highest BCUT2D eigenvalue weighted by molar-refractivity contribution is 6.10. The minimum absolute atomic E-state index is 0.225. The van der Waals surface area contributed by atoms with Crippen molar-refractivity contribution in [1.29, 1.82) is 0 Å². The largest absolute Gasteiger partial charge is 0.451 e. The van der Waals surface area contributed by atoms with Crippen molar-refractivity contribution >= 4 is 28.2 Å². The molecule has 3 rings (SSSR count). The van der Waals surface area contributed by atoms with Gasteiger partial charge in [0.2, 0.25) is 5.78 Å². The number of carbonyl (C=O) groups excluding carboxylic acids is 2. The maximum absolute atomic E-state index is 12.6. The molecule has 0 saturated heterocycles. The van der Waals surface area contributed by atoms with Crippen molar-refractivity contribution in [3.63, 3.8) is 0 Å². The lowest BCUT2D eigenvalue weighted by Crippen LogP contribution is -2.23. The number of ether oxygens (including phenoxy) is 1. The molecular weight excluding hydrogens is 314 g/mol. The van der Waals surface area contributed by atoms with Crippen LogP contribution in [0.15, 0.2) is 66.9 Å². The topological polar surface area (TPSA) is 59.2 Å². The Kier molecular flexibility index (Phi) is 4.80. The molecule has 2 aromatic carbocycles. The Labute approximate surface area is 146 Å². The number of benzene rings is 2. The van der Waals surface area contributed by atoms with Gasteiger partial charge in [0.1, 0.15) is 0 Å². The van der Waals surface area contributed by atoms with Gasteiger partial charge in [0.25, 0.3) is 0 Å². The van der Waals surface area contributed by atoms with Gasteiger partial charge in [-0.15, -0.1) is 0 Å². The third-order valence-corrected chi connectivity index (χ3v) is 4.08. The highest BCUT2D eigenvalue weighted by Crippen LogP contribution is 2.20. The molecule has 25 heavy (non-hydrogen) atoms. The van der Waals surface area contributed by atoms with Crippen molar-refractivity contribution in [2.75, 3.05) is 0 Å². The molecule has 0 aliphatic rings. The van der Waals surface area contributed by atoms with E-state index in [-0.39, 0.29) is 5.78 Å². The van der Waals surface area contributed by atoms with E-state index in [1.54, 1.807) is 13.1 Å². The molecule has 0 bridgehead atoms. The second-order valence-electron chi connectivity index (χ2n) is 5.88. The van der Waals surface area contributed by atoms with Crippen molar-refractivity contribution < 1.29 is 14.3 Å². The van der Waals surface area contributed by atoms with E-state index in [9.17, 15) is 9.59 Å². The molecule has 126 valence electrons. The summed E-state index contributed by atoms with van der Waals surface area (Å²) in [5.41, 5.74) is 3.14. The molecule has 4 nitrogen and oxygen atoms in total. The average Bonchev–Trinajstić information content (AvgIpc) is 3.05. The lowest BCUT2D eigenvalue weighted by Gasteiger charge is -2.11. The normalized spacial score (nSPS) is 12.8. The van der Waals surface area contributed by atoms with Crippen LogP contribution < -0.4 is 0 Å². The summed E-state index contributed by atoms with van der Waals surface area (Å²) in [6, 6.07) is 17.1. The fraction of sp³-hybridized carbons (Fsp3) is 0.143. The predicted molar refractivity (Wildman–Crippen MR) is 98.3 cm³/mol. The molecule has 0 aliphatic carbocycles. The summed E-state index contributed by atoms with van der Waals surface area (Å²) in [5.74, 6) is -0.751. The molecule has 1 N–H and O–H groups in total. The SMILES string of the molecule is C/C(=C\C(=O)OC(C)C(=O)c1c[nH]c2ccccc12)c1ccccc1. The molecule has 4 heteroatoms. The second-order valence-corrected chi connectivity index (χ2v) is 5.88. The Morgan fingerprint density at radius 2 is 1.72 bits per heavy atom. The summed E-state index contributed by atoms with van der Waals surface area (Å²) in [6.45, 7) is 3.43. The number of para-hydroxylation sites is 1. The number of allylic oxidation sites excluding steroid dienone is 1. The van der Waals surface area contributed by atoms with Crippen LogP contribution in [0.3, 0.4) is 0 Å². The van der Waals surface area contributed by atoms with Crippen LogP contribution in [0.4, 0.5) is 0 Å². The van der Waals surface area contributed by atoms with E-state index in [1.807, 2.05) is 61.5 Å². The van der Waals surface area contributed by atoms with E-state index in [1.165, 1.54) is 6.08 Å². The number of nitrogens with one attached hydrogen (secondary N) is 1. The van der Waals surface area contributed by atoms with Gasteiger partial charge in [-0.3, -0.25) is 4.79 Å². The number of aromatic nitrogens is 1. The van der Waals surface area contributed by atoms with E-state index in [0.717, 1.165) is 22.0 Å². The number of fused-ring (bicyclic) bond motifs is 1. The smallest absolute Gasteiger partial charge is 0.331 e. The highest BCUT2D eigenvalue weighted by atomic mass is 16.5. The number of ketones is 1. The van der Waals surface area contributed by atoms with Crippen LogP contribution in [-0.2, 0) is 9.53 Å². The molecule has 0 saturated carbocycles. The average molecular weight is 333 g/mol. The Hall–Kier alpha value is -3.14. The van der Waals surface area contributed by atoms with Gasteiger partial charge in [-0.2, -0.15) is 0 Å². The molecule has 0 fully saturated rings. The molecule has 0 aliphatic heterocycles. The number of rotatable bonds is 5. The van der Waals surface area contributed by atoms with E-state index < -0.39 is 12.1 Å². The van der Waals surface area contributed by atoms with Gasteiger partial charge in [-0.1, -0.05) is 48.5 Å². The molecule has 0 amide bonds. The Balaban J connectivity index is 1.72. The molecular formula is C21H19NO3. The Bertz CT molecular complexity index is 938. The quantitative estimate of drug-likeness (QED) is 0.428. The summed E-state index contributed by atoms with van der Waals surface area (Å²) in [5, 5.41) is 0.825. The zero-order valence-corrected chi connectivity index (χ0v) is 14.2. The lowest BCUT2D eigenvalue weighted by molar-refractivity contribution is -0.140. The minimum Gasteiger partial charge on any atom is -0.451 e. The van der Waals surface area contributed by atoms with Gasteiger partial charge in [-0.05, 0) is 31.1 Å². The first-order chi connectivity index (χ1) is 12.1. The third kappa shape index (κ3) is 3.69. The number of hydrogen-bond acceptors (Lipinski definition) is 3. The standard InChI is InChI=1S/C21H19NO3/c1-14(16-8-4-3-5-9-16)12-20(23)25-15(2)21(24)18-13-22-19-11-7-6-10-17(18)19/h3-13,15,22H,1-2H3/b14-12+. The van der Waals surface area contributed by atoms with E-state index in [4.69, 9.17) is 4.74 Å². The number of Topliss-reactive ketones (excluding diaryl/α,β-unsaturated/α-hetero) is 1. The minimum atomic E-state index is -0.855. The van der Waals surface area contributed by atoms with Crippen molar-refractivity contribution in [2.45, 2.75) is 20.0 Å². The monoisotopic (exact) mass is 333 g/mol. The van der Waals surface area contributed by atoms with Gasteiger partial charge in [0, 0.05) is 28.7 Å². The van der Waals surface area contributed by atoms with Crippen LogP contribution >= 0.6 is 0 Å². The van der Waals surface area contributed by atoms with Crippen molar-refractivity contribution in [2.24, 2.45) is 0 Å². The molecule has 1 unspecified atom stereocenters. The highest BCUT2D eigenvalue weighted by Gasteiger charge is 2.21. The Morgan fingerprint density at radius 1 is 1.04 bits per heavy atom. The van der Waals surface area contributed by atoms with Crippen LogP contribution in [0.25, 0.3) is 16.5 Å². The molecule has 0 radical (unpaired) electrons. The fourth-order valence-corrected chi connectivity index (χ4v) is 2.72. The van der Waals surface area contributed by atoms with E-state index in [0.29, 0.717) is 5.56 Å². The third-order valence-electron chi connectivity index (χ3n) is 4.08. The van der Waals surface area contributed by atoms with E-state index >= 15 is 0 Å². The first-order valence-corrected chi connectivity index (χ1v) is 8.11.